The Labute approximate surface area is 187 Å². The van der Waals surface area contributed by atoms with E-state index in [0.717, 1.165) is 29.4 Å². The van der Waals surface area contributed by atoms with Crippen molar-refractivity contribution in [3.63, 3.8) is 0 Å². The minimum absolute atomic E-state index is 0.0688. The van der Waals surface area contributed by atoms with Crippen molar-refractivity contribution in [2.24, 2.45) is 0 Å². The predicted molar refractivity (Wildman–Crippen MR) is 131 cm³/mol. The van der Waals surface area contributed by atoms with Gasteiger partial charge in [-0.25, -0.2) is 0 Å². The Morgan fingerprint density at radius 1 is 0.833 bits per heavy atom. The van der Waals surface area contributed by atoms with Gasteiger partial charge in [0.15, 0.2) is 0 Å². The highest BCUT2D eigenvalue weighted by atomic mass is 32.2. The summed E-state index contributed by atoms with van der Waals surface area (Å²) in [7, 11) is 0. The van der Waals surface area contributed by atoms with Crippen molar-refractivity contribution < 1.29 is 9.90 Å². The molecule has 0 atom stereocenters. The Hall–Kier alpha value is -1.68. The Morgan fingerprint density at radius 3 is 2.00 bits per heavy atom. The van der Waals surface area contributed by atoms with Crippen LogP contribution < -0.4 is 0 Å². The van der Waals surface area contributed by atoms with E-state index in [9.17, 15) is 9.90 Å². The molecule has 3 nitrogen and oxygen atoms in total. The van der Waals surface area contributed by atoms with Crippen molar-refractivity contribution in [1.82, 2.24) is 4.31 Å². The monoisotopic (exact) mass is 429 g/mol. The van der Waals surface area contributed by atoms with Gasteiger partial charge in [0, 0.05) is 12.3 Å². The molecular weight excluding hydrogens is 390 g/mol. The smallest absolute Gasteiger partial charge is 0.267 e. The first-order chi connectivity index (χ1) is 14.7. The normalized spacial score (nSPS) is 11.1. The van der Waals surface area contributed by atoms with E-state index in [1.54, 1.807) is 18.0 Å². The summed E-state index contributed by atoms with van der Waals surface area (Å²) in [6.45, 7) is 5.05. The van der Waals surface area contributed by atoms with E-state index in [0.29, 0.717) is 12.1 Å². The van der Waals surface area contributed by atoms with Gasteiger partial charge in [-0.15, -0.1) is 0 Å². The second kappa shape index (κ2) is 14.3. The van der Waals surface area contributed by atoms with Gasteiger partial charge in [0.2, 0.25) is 0 Å². The van der Waals surface area contributed by atoms with E-state index < -0.39 is 0 Å². The van der Waals surface area contributed by atoms with Gasteiger partial charge in [-0.05, 0) is 47.7 Å². The number of hydrogen-bond donors (Lipinski definition) is 1. The van der Waals surface area contributed by atoms with Gasteiger partial charge in [-0.1, -0.05) is 95.9 Å². The first-order valence-corrected chi connectivity index (χ1v) is 12.8. The zero-order valence-electron chi connectivity index (χ0n) is 18.9. The van der Waals surface area contributed by atoms with Crippen LogP contribution in [0.25, 0.3) is 10.8 Å². The first kappa shape index (κ1) is 24.6. The molecule has 1 amide bonds. The number of benzene rings is 2. The molecule has 166 valence electrons. The average molecular weight is 430 g/mol. The maximum absolute atomic E-state index is 13.1. The lowest BCUT2D eigenvalue weighted by Gasteiger charge is -2.21. The molecule has 0 unspecified atom stereocenters. The fraction of sp³-hybridized carbons (Fsp3) is 0.577. The summed E-state index contributed by atoms with van der Waals surface area (Å²) in [4.78, 5) is 13.1. The number of aromatic hydroxyl groups is 1. The molecule has 0 aliphatic heterocycles. The highest BCUT2D eigenvalue weighted by molar-refractivity contribution is 7.97. The third-order valence-electron chi connectivity index (χ3n) is 5.49. The Bertz CT molecular complexity index is 762. The number of phenols is 1. The molecule has 2 aromatic rings. The van der Waals surface area contributed by atoms with Crippen LogP contribution >= 0.6 is 11.9 Å². The van der Waals surface area contributed by atoms with Gasteiger partial charge in [0.1, 0.15) is 5.75 Å². The summed E-state index contributed by atoms with van der Waals surface area (Å²) in [5.41, 5.74) is 0.401. The molecule has 0 fully saturated rings. The fourth-order valence-corrected chi connectivity index (χ4v) is 4.81. The van der Waals surface area contributed by atoms with Crippen LogP contribution in [-0.4, -0.2) is 27.6 Å². The van der Waals surface area contributed by atoms with E-state index in [4.69, 9.17) is 0 Å². The van der Waals surface area contributed by atoms with E-state index in [1.165, 1.54) is 57.8 Å². The predicted octanol–water partition coefficient (Wildman–Crippen LogP) is 7.97. The Morgan fingerprint density at radius 2 is 1.40 bits per heavy atom. The number of unbranched alkanes of at least 4 members (excludes halogenated alkanes) is 9. The second-order valence-corrected chi connectivity index (χ2v) is 9.25. The highest BCUT2D eigenvalue weighted by Crippen LogP contribution is 2.28. The molecule has 0 spiro atoms. The number of nitrogens with zero attached hydrogens (tertiary/aromatic N) is 1. The van der Waals surface area contributed by atoms with Crippen LogP contribution in [0.3, 0.4) is 0 Å². The lowest BCUT2D eigenvalue weighted by atomic mass is 10.1. The molecule has 0 aromatic heterocycles. The highest BCUT2D eigenvalue weighted by Gasteiger charge is 2.19. The standard InChI is InChI=1S/C26H39NO2S/c1-3-5-6-7-8-9-10-11-12-15-19-30-27(18-4-2)26(29)24-20-22-16-13-14-17-23(22)21-25(24)28/h13-14,16-17,20-21,28H,3-12,15,18-19H2,1-2H3. The zero-order chi connectivity index (χ0) is 21.6. The van der Waals surface area contributed by atoms with Gasteiger partial charge in [0.05, 0.1) is 5.56 Å². The molecule has 0 saturated heterocycles. The van der Waals surface area contributed by atoms with E-state index in [-0.39, 0.29) is 11.7 Å². The molecule has 0 radical (unpaired) electrons. The van der Waals surface area contributed by atoms with Gasteiger partial charge >= 0.3 is 0 Å². The van der Waals surface area contributed by atoms with Crippen LogP contribution in [0.2, 0.25) is 0 Å². The number of amides is 1. The van der Waals surface area contributed by atoms with Gasteiger partial charge < -0.3 is 5.11 Å². The molecule has 0 heterocycles. The molecule has 2 rings (SSSR count). The van der Waals surface area contributed by atoms with Crippen molar-refractivity contribution in [3.8, 4) is 5.75 Å². The number of hydrogen-bond acceptors (Lipinski definition) is 3. The van der Waals surface area contributed by atoms with Crippen LogP contribution in [0.5, 0.6) is 5.75 Å². The van der Waals surface area contributed by atoms with Crippen molar-refractivity contribution in [1.29, 1.82) is 0 Å². The maximum atomic E-state index is 13.1. The lowest BCUT2D eigenvalue weighted by molar-refractivity contribution is 0.0869. The van der Waals surface area contributed by atoms with Crippen molar-refractivity contribution in [2.45, 2.75) is 84.5 Å². The van der Waals surface area contributed by atoms with E-state index >= 15 is 0 Å². The molecule has 0 aliphatic carbocycles. The van der Waals surface area contributed by atoms with Crippen LogP contribution in [0.15, 0.2) is 36.4 Å². The minimum atomic E-state index is -0.0859. The summed E-state index contributed by atoms with van der Waals surface area (Å²) in [6.07, 6.45) is 14.1. The summed E-state index contributed by atoms with van der Waals surface area (Å²) in [6, 6.07) is 11.3. The second-order valence-electron chi connectivity index (χ2n) is 8.14. The largest absolute Gasteiger partial charge is 0.507 e. The molecule has 2 aromatic carbocycles. The first-order valence-electron chi connectivity index (χ1n) is 11.8. The summed E-state index contributed by atoms with van der Waals surface area (Å²) in [5.74, 6) is 0.938. The van der Waals surface area contributed by atoms with Crippen molar-refractivity contribution >= 4 is 28.6 Å². The topological polar surface area (TPSA) is 40.5 Å². The van der Waals surface area contributed by atoms with Crippen molar-refractivity contribution in [3.05, 3.63) is 42.0 Å². The van der Waals surface area contributed by atoms with Crippen LogP contribution in [0, 0.1) is 0 Å². The number of rotatable bonds is 15. The number of carbonyl (C=O) groups is 1. The van der Waals surface area contributed by atoms with Gasteiger partial charge in [-0.2, -0.15) is 0 Å². The molecule has 4 heteroatoms. The van der Waals surface area contributed by atoms with Gasteiger partial charge in [-0.3, -0.25) is 9.10 Å². The molecule has 0 saturated carbocycles. The molecular formula is C26H39NO2S. The van der Waals surface area contributed by atoms with Crippen LogP contribution in [-0.2, 0) is 0 Å². The fourth-order valence-electron chi connectivity index (χ4n) is 3.73. The lowest BCUT2D eigenvalue weighted by Crippen LogP contribution is -2.25. The molecule has 0 bridgehead atoms. The summed E-state index contributed by atoms with van der Waals surface area (Å²) < 4.78 is 1.83. The zero-order valence-corrected chi connectivity index (χ0v) is 19.7. The van der Waals surface area contributed by atoms with Gasteiger partial charge in [0.25, 0.3) is 5.91 Å². The molecule has 30 heavy (non-hydrogen) atoms. The number of fused-ring (bicyclic) bond motifs is 1. The Kier molecular flexibility index (Phi) is 11.8. The third-order valence-corrected chi connectivity index (χ3v) is 6.62. The third kappa shape index (κ3) is 8.22. The van der Waals surface area contributed by atoms with Crippen LogP contribution in [0.1, 0.15) is 94.8 Å². The van der Waals surface area contributed by atoms with Crippen LogP contribution in [0.4, 0.5) is 0 Å². The Balaban J connectivity index is 1.75. The maximum Gasteiger partial charge on any atom is 0.267 e. The summed E-state index contributed by atoms with van der Waals surface area (Å²) in [5, 5.41) is 12.3. The summed E-state index contributed by atoms with van der Waals surface area (Å²) >= 11 is 1.61. The van der Waals surface area contributed by atoms with E-state index in [2.05, 4.69) is 13.8 Å². The minimum Gasteiger partial charge on any atom is -0.507 e. The number of phenolic OH excluding ortho intramolecular Hbond substituents is 1. The molecule has 1 N–H and O–H groups in total. The molecule has 0 aliphatic rings. The van der Waals surface area contributed by atoms with Crippen molar-refractivity contribution in [2.75, 3.05) is 12.3 Å². The van der Waals surface area contributed by atoms with E-state index in [1.807, 2.05) is 34.6 Å². The average Bonchev–Trinajstić information content (AvgIpc) is 2.75. The quantitative estimate of drug-likeness (QED) is 0.230. The number of carbonyl (C=O) groups excluding carboxylic acids is 1. The SMILES string of the molecule is CCCCCCCCCCCCSN(CCC)C(=O)c1cc2ccccc2cc1O.